The lowest BCUT2D eigenvalue weighted by atomic mass is 9.93. The molecule has 4 heteroatoms. The molecule has 1 fully saturated rings. The Morgan fingerprint density at radius 1 is 1.04 bits per heavy atom. The second kappa shape index (κ2) is 8.65. The molecule has 0 radical (unpaired) electrons. The molecule has 132 valence electrons. The average molecular weight is 341 g/mol. The lowest BCUT2D eigenvalue weighted by molar-refractivity contribution is -0.131. The Labute approximate surface area is 148 Å². The highest BCUT2D eigenvalue weighted by atomic mass is 19.1. The van der Waals surface area contributed by atoms with Crippen molar-refractivity contribution in [1.82, 2.24) is 4.90 Å². The summed E-state index contributed by atoms with van der Waals surface area (Å²) >= 11 is 0. The molecule has 1 amide bonds. The zero-order valence-electron chi connectivity index (χ0n) is 14.4. The quantitative estimate of drug-likeness (QED) is 0.792. The first-order valence-electron chi connectivity index (χ1n) is 8.91. The fourth-order valence-electron chi connectivity index (χ4n) is 3.23. The third kappa shape index (κ3) is 5.31. The number of hydrogen-bond acceptors (Lipinski definition) is 2. The van der Waals surface area contributed by atoms with Gasteiger partial charge in [0.05, 0.1) is 13.0 Å². The minimum absolute atomic E-state index is 0.215. The van der Waals surface area contributed by atoms with Gasteiger partial charge in [0, 0.05) is 13.1 Å². The van der Waals surface area contributed by atoms with Gasteiger partial charge in [-0.3, -0.25) is 4.79 Å². The molecule has 3 nitrogen and oxygen atoms in total. The van der Waals surface area contributed by atoms with Crippen LogP contribution in [0.2, 0.25) is 0 Å². The number of amides is 1. The SMILES string of the molecule is O=C(Cc1ccccc1)N1CCC(CCOc2ccc(F)cc2)CC1. The summed E-state index contributed by atoms with van der Waals surface area (Å²) in [5.41, 5.74) is 1.07. The molecular weight excluding hydrogens is 317 g/mol. The zero-order valence-corrected chi connectivity index (χ0v) is 14.4. The maximum absolute atomic E-state index is 12.9. The van der Waals surface area contributed by atoms with E-state index in [0.29, 0.717) is 24.7 Å². The topological polar surface area (TPSA) is 29.5 Å². The Kier molecular flexibility index (Phi) is 6.04. The molecule has 1 saturated heterocycles. The van der Waals surface area contributed by atoms with Crippen molar-refractivity contribution in [3.63, 3.8) is 0 Å². The van der Waals surface area contributed by atoms with Crippen LogP contribution in [0, 0.1) is 11.7 Å². The highest BCUT2D eigenvalue weighted by Gasteiger charge is 2.22. The van der Waals surface area contributed by atoms with Crippen LogP contribution in [0.5, 0.6) is 5.75 Å². The van der Waals surface area contributed by atoms with E-state index >= 15 is 0 Å². The number of piperidine rings is 1. The van der Waals surface area contributed by atoms with Gasteiger partial charge < -0.3 is 9.64 Å². The first-order chi connectivity index (χ1) is 12.2. The number of likely N-dealkylation sites (tertiary alicyclic amines) is 1. The Bertz CT molecular complexity index is 664. The van der Waals surface area contributed by atoms with Gasteiger partial charge in [-0.25, -0.2) is 4.39 Å². The largest absolute Gasteiger partial charge is 0.494 e. The van der Waals surface area contributed by atoms with Gasteiger partial charge in [0.2, 0.25) is 5.91 Å². The van der Waals surface area contributed by atoms with Crippen LogP contribution in [-0.4, -0.2) is 30.5 Å². The molecule has 0 aliphatic carbocycles. The molecule has 0 saturated carbocycles. The van der Waals surface area contributed by atoms with Crippen molar-refractivity contribution in [2.75, 3.05) is 19.7 Å². The number of halogens is 1. The van der Waals surface area contributed by atoms with E-state index in [9.17, 15) is 9.18 Å². The van der Waals surface area contributed by atoms with E-state index in [0.717, 1.165) is 37.9 Å². The van der Waals surface area contributed by atoms with Crippen LogP contribution in [0.15, 0.2) is 54.6 Å². The Morgan fingerprint density at radius 2 is 1.72 bits per heavy atom. The Balaban J connectivity index is 1.37. The molecule has 1 heterocycles. The van der Waals surface area contributed by atoms with Gasteiger partial charge in [-0.2, -0.15) is 0 Å². The van der Waals surface area contributed by atoms with Crippen molar-refractivity contribution in [2.45, 2.75) is 25.7 Å². The summed E-state index contributed by atoms with van der Waals surface area (Å²) in [6, 6.07) is 16.0. The summed E-state index contributed by atoms with van der Waals surface area (Å²) in [5.74, 6) is 1.25. The first kappa shape index (κ1) is 17.5. The number of ether oxygens (including phenoxy) is 1. The maximum atomic E-state index is 12.9. The third-order valence-corrected chi connectivity index (χ3v) is 4.77. The van der Waals surface area contributed by atoms with Gasteiger partial charge in [-0.05, 0) is 55.0 Å². The molecule has 1 aliphatic heterocycles. The van der Waals surface area contributed by atoms with Crippen LogP contribution >= 0.6 is 0 Å². The number of hydrogen-bond donors (Lipinski definition) is 0. The molecule has 3 rings (SSSR count). The average Bonchev–Trinajstić information content (AvgIpc) is 2.65. The molecule has 0 aromatic heterocycles. The zero-order chi connectivity index (χ0) is 17.5. The number of carbonyl (C=O) groups is 1. The lowest BCUT2D eigenvalue weighted by Gasteiger charge is -2.32. The van der Waals surface area contributed by atoms with E-state index in [1.807, 2.05) is 35.2 Å². The van der Waals surface area contributed by atoms with Crippen molar-refractivity contribution in [3.05, 3.63) is 66.0 Å². The van der Waals surface area contributed by atoms with E-state index in [-0.39, 0.29) is 11.7 Å². The summed E-state index contributed by atoms with van der Waals surface area (Å²) in [4.78, 5) is 14.3. The third-order valence-electron chi connectivity index (χ3n) is 4.77. The molecule has 2 aromatic carbocycles. The minimum atomic E-state index is -0.250. The van der Waals surface area contributed by atoms with Gasteiger partial charge in [0.1, 0.15) is 11.6 Å². The number of benzene rings is 2. The fourth-order valence-corrected chi connectivity index (χ4v) is 3.23. The lowest BCUT2D eigenvalue weighted by Crippen LogP contribution is -2.39. The van der Waals surface area contributed by atoms with Crippen molar-refractivity contribution in [1.29, 1.82) is 0 Å². The van der Waals surface area contributed by atoms with Gasteiger partial charge in [-0.15, -0.1) is 0 Å². The molecule has 25 heavy (non-hydrogen) atoms. The minimum Gasteiger partial charge on any atom is -0.494 e. The molecule has 0 spiro atoms. The predicted molar refractivity (Wildman–Crippen MR) is 96.0 cm³/mol. The highest BCUT2D eigenvalue weighted by Crippen LogP contribution is 2.22. The van der Waals surface area contributed by atoms with Crippen molar-refractivity contribution >= 4 is 5.91 Å². The van der Waals surface area contributed by atoms with Crippen LogP contribution in [0.25, 0.3) is 0 Å². The number of rotatable bonds is 6. The second-order valence-electron chi connectivity index (χ2n) is 6.58. The second-order valence-corrected chi connectivity index (χ2v) is 6.58. The van der Waals surface area contributed by atoms with E-state index in [1.165, 1.54) is 12.1 Å². The number of nitrogens with zero attached hydrogens (tertiary/aromatic N) is 1. The molecule has 0 unspecified atom stereocenters. The summed E-state index contributed by atoms with van der Waals surface area (Å²) in [5, 5.41) is 0. The van der Waals surface area contributed by atoms with Crippen LogP contribution in [-0.2, 0) is 11.2 Å². The van der Waals surface area contributed by atoms with Crippen LogP contribution in [0.4, 0.5) is 4.39 Å². The van der Waals surface area contributed by atoms with Gasteiger partial charge in [0.25, 0.3) is 0 Å². The molecule has 1 aliphatic rings. The Hall–Kier alpha value is -2.36. The van der Waals surface area contributed by atoms with Crippen molar-refractivity contribution < 1.29 is 13.9 Å². The fraction of sp³-hybridized carbons (Fsp3) is 0.381. The molecule has 0 bridgehead atoms. The van der Waals surface area contributed by atoms with E-state index in [2.05, 4.69) is 0 Å². The van der Waals surface area contributed by atoms with Crippen LogP contribution < -0.4 is 4.74 Å². The monoisotopic (exact) mass is 341 g/mol. The van der Waals surface area contributed by atoms with Gasteiger partial charge >= 0.3 is 0 Å². The first-order valence-corrected chi connectivity index (χ1v) is 8.91. The molecule has 0 atom stereocenters. The van der Waals surface area contributed by atoms with Crippen molar-refractivity contribution in [2.24, 2.45) is 5.92 Å². The van der Waals surface area contributed by atoms with Crippen molar-refractivity contribution in [3.8, 4) is 5.75 Å². The summed E-state index contributed by atoms with van der Waals surface area (Å²) in [6.45, 7) is 2.29. The van der Waals surface area contributed by atoms with Crippen LogP contribution in [0.1, 0.15) is 24.8 Å². The maximum Gasteiger partial charge on any atom is 0.226 e. The van der Waals surface area contributed by atoms with E-state index in [4.69, 9.17) is 4.74 Å². The Morgan fingerprint density at radius 3 is 2.40 bits per heavy atom. The van der Waals surface area contributed by atoms with Gasteiger partial charge in [-0.1, -0.05) is 30.3 Å². The molecule has 2 aromatic rings. The summed E-state index contributed by atoms with van der Waals surface area (Å²) in [6.07, 6.45) is 3.50. The van der Waals surface area contributed by atoms with Gasteiger partial charge in [0.15, 0.2) is 0 Å². The summed E-state index contributed by atoms with van der Waals surface area (Å²) in [7, 11) is 0. The smallest absolute Gasteiger partial charge is 0.226 e. The number of carbonyl (C=O) groups excluding carboxylic acids is 1. The van der Waals surface area contributed by atoms with E-state index in [1.54, 1.807) is 12.1 Å². The molecule has 0 N–H and O–H groups in total. The molecular formula is C21H24FNO2. The standard InChI is InChI=1S/C21H24FNO2/c22-19-6-8-20(9-7-19)25-15-12-17-10-13-23(14-11-17)21(24)16-18-4-2-1-3-5-18/h1-9,17H,10-16H2. The predicted octanol–water partition coefficient (Wildman–Crippen LogP) is 4.08. The normalized spacial score (nSPS) is 15.2. The van der Waals surface area contributed by atoms with E-state index < -0.39 is 0 Å². The van der Waals surface area contributed by atoms with Crippen LogP contribution in [0.3, 0.4) is 0 Å². The highest BCUT2D eigenvalue weighted by molar-refractivity contribution is 5.78. The summed E-state index contributed by atoms with van der Waals surface area (Å²) < 4.78 is 18.5.